The number of hydrogen-bond donors (Lipinski definition) is 2. The fourth-order valence-electron chi connectivity index (χ4n) is 4.41. The first-order chi connectivity index (χ1) is 23.9. The Morgan fingerprint density at radius 1 is 0.577 bits per heavy atom. The summed E-state index contributed by atoms with van der Waals surface area (Å²) in [6.45, 7) is 5.14. The molecule has 0 aromatic rings. The first kappa shape index (κ1) is 48.9. The van der Waals surface area contributed by atoms with Crippen LogP contribution in [-0.2, 0) is 38.1 Å². The largest absolute Gasteiger partial charge is 0.461 e. The molecule has 0 spiro atoms. The summed E-state index contributed by atoms with van der Waals surface area (Å²) in [6, 6.07) is 0. The van der Waals surface area contributed by atoms with Gasteiger partial charge in [-0.3, -0.25) is 0 Å². The Morgan fingerprint density at radius 2 is 1.00 bits per heavy atom. The van der Waals surface area contributed by atoms with Crippen LogP contribution in [0.15, 0.2) is 36.5 Å². The molecule has 0 aromatic heterocycles. The number of ether oxygens (including phenoxy) is 5. The van der Waals surface area contributed by atoms with Crippen LogP contribution in [0.2, 0.25) is 0 Å². The maximum absolute atomic E-state index is 14.8. The highest BCUT2D eigenvalue weighted by Crippen LogP contribution is 2.52. The molecule has 0 aliphatic carbocycles. The van der Waals surface area contributed by atoms with Crippen molar-refractivity contribution in [3.05, 3.63) is 36.5 Å². The molecular formula is C34H50F8O10. The minimum atomic E-state index is -6.72. The predicted molar refractivity (Wildman–Crippen MR) is 171 cm³/mol. The molecule has 0 radical (unpaired) electrons. The number of alkyl halides is 8. The topological polar surface area (TPSA) is 138 Å². The van der Waals surface area contributed by atoms with E-state index in [1.54, 1.807) is 13.8 Å². The number of aliphatic hydroxyl groups excluding tert-OH is 2. The van der Waals surface area contributed by atoms with Gasteiger partial charge < -0.3 is 33.9 Å². The zero-order valence-corrected chi connectivity index (χ0v) is 29.9. The second kappa shape index (κ2) is 21.0. The minimum absolute atomic E-state index is 0.123. The van der Waals surface area contributed by atoms with Crippen LogP contribution < -0.4 is 0 Å². The molecule has 0 aliphatic rings. The maximum Gasteiger partial charge on any atom is 0.380 e. The number of aliphatic hydroxyl groups is 2. The molecule has 0 rings (SSSR count). The quantitative estimate of drug-likeness (QED) is 0.0310. The van der Waals surface area contributed by atoms with E-state index < -0.39 is 112 Å². The standard InChI is InChI=1S/C34H50F8O10/c1-8-10-11-13-48-21-31(35,36)33(39,40)34(41,42)32(37,38)22-49-17-30(18-50-26(45)23(3)4,19-51-27(46)24(5)6)20-52-28(47)25(7)14-29(15-43,16-44)12-9-2/h43-44H,3,5,7-22H2,1-2,4,6H3. The number of unbranched alkanes of at least 4 members (excludes halogenated alkanes) is 2. The molecule has 0 aromatic carbocycles. The van der Waals surface area contributed by atoms with E-state index in [1.807, 2.05) is 0 Å². The molecule has 10 nitrogen and oxygen atoms in total. The first-order valence-electron chi connectivity index (χ1n) is 16.3. The van der Waals surface area contributed by atoms with Gasteiger partial charge in [-0.1, -0.05) is 52.8 Å². The molecule has 302 valence electrons. The van der Waals surface area contributed by atoms with E-state index in [9.17, 15) is 59.7 Å². The van der Waals surface area contributed by atoms with Crippen LogP contribution >= 0.6 is 0 Å². The maximum atomic E-state index is 14.8. The van der Waals surface area contributed by atoms with Gasteiger partial charge in [0.05, 0.1) is 25.2 Å². The zero-order valence-electron chi connectivity index (χ0n) is 29.9. The summed E-state index contributed by atoms with van der Waals surface area (Å²) in [4.78, 5) is 37.4. The molecule has 0 unspecified atom stereocenters. The van der Waals surface area contributed by atoms with Crippen molar-refractivity contribution >= 4 is 17.9 Å². The minimum Gasteiger partial charge on any atom is -0.461 e. The second-order valence-electron chi connectivity index (χ2n) is 12.9. The smallest absolute Gasteiger partial charge is 0.380 e. The average Bonchev–Trinajstić information content (AvgIpc) is 3.07. The molecule has 0 heterocycles. The van der Waals surface area contributed by atoms with Crippen molar-refractivity contribution < 1.29 is 83.4 Å². The molecule has 2 N–H and O–H groups in total. The van der Waals surface area contributed by atoms with E-state index >= 15 is 0 Å². The van der Waals surface area contributed by atoms with Crippen LogP contribution in [0.1, 0.15) is 66.2 Å². The average molecular weight is 771 g/mol. The molecule has 0 bridgehead atoms. The third kappa shape index (κ3) is 13.7. The molecule has 0 atom stereocenters. The molecule has 0 fully saturated rings. The lowest BCUT2D eigenvalue weighted by Gasteiger charge is -2.37. The van der Waals surface area contributed by atoms with E-state index in [1.165, 1.54) is 13.8 Å². The van der Waals surface area contributed by atoms with Crippen molar-refractivity contribution in [2.45, 2.75) is 89.9 Å². The molecule has 52 heavy (non-hydrogen) atoms. The summed E-state index contributed by atoms with van der Waals surface area (Å²) < 4.78 is 140. The second-order valence-corrected chi connectivity index (χ2v) is 12.9. The fraction of sp³-hybridized carbons (Fsp3) is 0.735. The van der Waals surface area contributed by atoms with Gasteiger partial charge in [0.25, 0.3) is 0 Å². The Balaban J connectivity index is 6.43. The molecule has 0 aliphatic heterocycles. The molecule has 0 amide bonds. The Morgan fingerprint density at radius 3 is 1.38 bits per heavy atom. The van der Waals surface area contributed by atoms with Gasteiger partial charge in [0.2, 0.25) is 0 Å². The number of carbonyl (C=O) groups excluding carboxylic acids is 3. The lowest BCUT2D eigenvalue weighted by molar-refractivity contribution is -0.377. The summed E-state index contributed by atoms with van der Waals surface area (Å²) in [5.41, 5.74) is -4.15. The molecular weight excluding hydrogens is 720 g/mol. The normalized spacial score (nSPS) is 13.0. The first-order valence-corrected chi connectivity index (χ1v) is 16.3. The van der Waals surface area contributed by atoms with Crippen LogP contribution in [0.4, 0.5) is 35.1 Å². The highest BCUT2D eigenvalue weighted by molar-refractivity contribution is 5.88. The Labute approximate surface area is 298 Å². The van der Waals surface area contributed by atoms with Gasteiger partial charge in [-0.05, 0) is 33.1 Å². The summed E-state index contributed by atoms with van der Waals surface area (Å²) in [5.74, 6) is -28.5. The van der Waals surface area contributed by atoms with Gasteiger partial charge in [-0.2, -0.15) is 35.1 Å². The van der Waals surface area contributed by atoms with Crippen molar-refractivity contribution in [3.63, 3.8) is 0 Å². The Bertz CT molecular complexity index is 1190. The highest BCUT2D eigenvalue weighted by Gasteiger charge is 2.80. The van der Waals surface area contributed by atoms with Crippen LogP contribution in [0.25, 0.3) is 0 Å². The van der Waals surface area contributed by atoms with Gasteiger partial charge in [-0.15, -0.1) is 0 Å². The molecule has 18 heteroatoms. The van der Waals surface area contributed by atoms with Gasteiger partial charge in [0.1, 0.15) is 33.0 Å². The van der Waals surface area contributed by atoms with Crippen LogP contribution in [-0.4, -0.2) is 111 Å². The number of hydrogen-bond acceptors (Lipinski definition) is 10. The van der Waals surface area contributed by atoms with E-state index in [0.29, 0.717) is 19.3 Å². The highest BCUT2D eigenvalue weighted by atomic mass is 19.4. The van der Waals surface area contributed by atoms with E-state index in [-0.39, 0.29) is 36.0 Å². The summed E-state index contributed by atoms with van der Waals surface area (Å²) >= 11 is 0. The lowest BCUT2D eigenvalue weighted by Crippen LogP contribution is -2.64. The zero-order chi connectivity index (χ0) is 40.6. The van der Waals surface area contributed by atoms with Crippen molar-refractivity contribution in [1.29, 1.82) is 0 Å². The van der Waals surface area contributed by atoms with E-state index in [0.717, 1.165) is 0 Å². The fourth-order valence-corrected chi connectivity index (χ4v) is 4.41. The van der Waals surface area contributed by atoms with Gasteiger partial charge in [0.15, 0.2) is 0 Å². The lowest BCUT2D eigenvalue weighted by atomic mass is 9.79. The monoisotopic (exact) mass is 770 g/mol. The number of rotatable bonds is 28. The van der Waals surface area contributed by atoms with Crippen molar-refractivity contribution in [3.8, 4) is 0 Å². The summed E-state index contributed by atoms with van der Waals surface area (Å²) in [5, 5.41) is 19.6. The predicted octanol–water partition coefficient (Wildman–Crippen LogP) is 6.24. The number of carbonyl (C=O) groups is 3. The third-order valence-electron chi connectivity index (χ3n) is 7.73. The SMILES string of the molecule is C=C(C)C(=O)OCC(COCC(F)(F)C(F)(F)C(F)(F)C(F)(F)COCCCCC)(COC(=O)C(=C)C)COC(=O)C(=C)CC(CO)(CO)CCC. The third-order valence-corrected chi connectivity index (χ3v) is 7.73. The Hall–Kier alpha value is -3.09. The van der Waals surface area contributed by atoms with Crippen LogP contribution in [0, 0.1) is 10.8 Å². The van der Waals surface area contributed by atoms with Crippen molar-refractivity contribution in [2.75, 3.05) is 59.5 Å². The van der Waals surface area contributed by atoms with E-state index in [2.05, 4.69) is 29.2 Å². The van der Waals surface area contributed by atoms with Gasteiger partial charge in [0, 0.05) is 28.7 Å². The van der Waals surface area contributed by atoms with E-state index in [4.69, 9.17) is 14.2 Å². The van der Waals surface area contributed by atoms with Gasteiger partial charge in [-0.25, -0.2) is 14.4 Å². The Kier molecular flexibility index (Phi) is 19.7. The van der Waals surface area contributed by atoms with Gasteiger partial charge >= 0.3 is 41.6 Å². The number of halogens is 8. The van der Waals surface area contributed by atoms with Crippen molar-refractivity contribution in [1.82, 2.24) is 0 Å². The van der Waals surface area contributed by atoms with Crippen LogP contribution in [0.3, 0.4) is 0 Å². The molecule has 0 saturated carbocycles. The molecule has 0 saturated heterocycles. The summed E-state index contributed by atoms with van der Waals surface area (Å²) in [6.07, 6.45) is 1.57. The van der Waals surface area contributed by atoms with Crippen molar-refractivity contribution in [2.24, 2.45) is 10.8 Å². The summed E-state index contributed by atoms with van der Waals surface area (Å²) in [7, 11) is 0. The number of esters is 3. The van der Waals surface area contributed by atoms with Crippen LogP contribution in [0.5, 0.6) is 0 Å².